The maximum Gasteiger partial charge on any atom is 0.160 e. The van der Waals surface area contributed by atoms with Gasteiger partial charge in [-0.25, -0.2) is 0 Å². The predicted molar refractivity (Wildman–Crippen MR) is 41.0 cm³/mol. The summed E-state index contributed by atoms with van der Waals surface area (Å²) in [5.74, 6) is 0.618. The molecule has 3 nitrogen and oxygen atoms in total. The highest BCUT2D eigenvalue weighted by Gasteiger charge is 1.95. The topological polar surface area (TPSA) is 43.1 Å². The molecule has 0 unspecified atom stereocenters. The van der Waals surface area contributed by atoms with E-state index < -0.39 is 0 Å². The zero-order valence-electron chi connectivity index (χ0n) is 6.50. The van der Waals surface area contributed by atoms with E-state index in [0.29, 0.717) is 11.3 Å². The first-order valence-corrected chi connectivity index (χ1v) is 3.29. The minimum atomic E-state index is 0.618. The number of aldehydes is 1. The summed E-state index contributed by atoms with van der Waals surface area (Å²) in [7, 11) is 0. The Morgan fingerprint density at radius 3 is 2.91 bits per heavy atom. The molecular weight excluding hydrogens is 142 g/mol. The van der Waals surface area contributed by atoms with Crippen molar-refractivity contribution in [3.63, 3.8) is 0 Å². The SMILES string of the molecule is CC(C=O)=Cc1cc(C)no1. The Kier molecular flexibility index (Phi) is 2.21. The molecule has 0 aliphatic carbocycles. The normalized spacial score (nSPS) is 11.6. The number of aryl methyl sites for hydroxylation is 1. The van der Waals surface area contributed by atoms with Crippen molar-refractivity contribution < 1.29 is 9.32 Å². The average molecular weight is 151 g/mol. The third-order valence-electron chi connectivity index (χ3n) is 1.20. The lowest BCUT2D eigenvalue weighted by Crippen LogP contribution is -1.74. The second-order valence-corrected chi connectivity index (χ2v) is 2.38. The van der Waals surface area contributed by atoms with Gasteiger partial charge in [0.15, 0.2) is 5.76 Å². The number of nitrogens with zero attached hydrogens (tertiary/aromatic N) is 1. The maximum absolute atomic E-state index is 10.2. The fraction of sp³-hybridized carbons (Fsp3) is 0.250. The molecule has 3 heteroatoms. The van der Waals surface area contributed by atoms with Crippen molar-refractivity contribution in [2.24, 2.45) is 0 Å². The van der Waals surface area contributed by atoms with Crippen LogP contribution in [0.4, 0.5) is 0 Å². The molecule has 1 aromatic heterocycles. The molecule has 0 saturated heterocycles. The first kappa shape index (κ1) is 7.72. The molecule has 0 aromatic carbocycles. The minimum Gasteiger partial charge on any atom is -0.357 e. The Morgan fingerprint density at radius 2 is 2.45 bits per heavy atom. The fourth-order valence-corrected chi connectivity index (χ4v) is 0.710. The fourth-order valence-electron chi connectivity index (χ4n) is 0.710. The predicted octanol–water partition coefficient (Wildman–Crippen LogP) is 1.59. The molecule has 0 radical (unpaired) electrons. The van der Waals surface area contributed by atoms with Crippen LogP contribution < -0.4 is 0 Å². The number of allylic oxidation sites excluding steroid dienone is 1. The van der Waals surface area contributed by atoms with Crippen LogP contribution in [-0.4, -0.2) is 11.4 Å². The van der Waals surface area contributed by atoms with Gasteiger partial charge in [0.05, 0.1) is 5.69 Å². The second kappa shape index (κ2) is 3.14. The van der Waals surface area contributed by atoms with Crippen molar-refractivity contribution in [1.29, 1.82) is 0 Å². The van der Waals surface area contributed by atoms with Gasteiger partial charge in [-0.3, -0.25) is 4.79 Å². The van der Waals surface area contributed by atoms with E-state index in [9.17, 15) is 4.79 Å². The third kappa shape index (κ3) is 2.04. The van der Waals surface area contributed by atoms with Crippen molar-refractivity contribution >= 4 is 12.4 Å². The summed E-state index contributed by atoms with van der Waals surface area (Å²) in [6, 6.07) is 1.77. The lowest BCUT2D eigenvalue weighted by molar-refractivity contribution is -0.104. The molecular formula is C8H9NO2. The van der Waals surface area contributed by atoms with Gasteiger partial charge < -0.3 is 4.52 Å². The van der Waals surface area contributed by atoms with E-state index >= 15 is 0 Å². The highest BCUT2D eigenvalue weighted by molar-refractivity contribution is 5.79. The summed E-state index contributed by atoms with van der Waals surface area (Å²) in [5, 5.41) is 3.67. The summed E-state index contributed by atoms with van der Waals surface area (Å²) in [4.78, 5) is 10.2. The Balaban J connectivity index is 2.86. The van der Waals surface area contributed by atoms with Crippen LogP contribution in [0.5, 0.6) is 0 Å². The smallest absolute Gasteiger partial charge is 0.160 e. The van der Waals surface area contributed by atoms with Gasteiger partial charge in [0.25, 0.3) is 0 Å². The van der Waals surface area contributed by atoms with Gasteiger partial charge in [-0.2, -0.15) is 0 Å². The number of aromatic nitrogens is 1. The van der Waals surface area contributed by atoms with Crippen LogP contribution in [0, 0.1) is 6.92 Å². The van der Waals surface area contributed by atoms with Crippen molar-refractivity contribution in [3.05, 3.63) is 23.1 Å². The zero-order chi connectivity index (χ0) is 8.27. The van der Waals surface area contributed by atoms with Crippen molar-refractivity contribution in [2.45, 2.75) is 13.8 Å². The molecule has 0 aliphatic heterocycles. The van der Waals surface area contributed by atoms with Gasteiger partial charge >= 0.3 is 0 Å². The van der Waals surface area contributed by atoms with E-state index in [4.69, 9.17) is 4.52 Å². The summed E-state index contributed by atoms with van der Waals surface area (Å²) >= 11 is 0. The lowest BCUT2D eigenvalue weighted by Gasteiger charge is -1.82. The van der Waals surface area contributed by atoms with Gasteiger partial charge in [-0.05, 0) is 25.5 Å². The van der Waals surface area contributed by atoms with Crippen LogP contribution in [0.3, 0.4) is 0 Å². The van der Waals surface area contributed by atoms with Crippen LogP contribution in [0.2, 0.25) is 0 Å². The number of carbonyl (C=O) groups excluding carboxylic acids is 1. The van der Waals surface area contributed by atoms with Gasteiger partial charge in [-0.15, -0.1) is 0 Å². The molecule has 11 heavy (non-hydrogen) atoms. The third-order valence-corrected chi connectivity index (χ3v) is 1.20. The highest BCUT2D eigenvalue weighted by Crippen LogP contribution is 2.06. The number of carbonyl (C=O) groups is 1. The molecule has 0 spiro atoms. The van der Waals surface area contributed by atoms with E-state index in [1.54, 1.807) is 19.1 Å². The number of rotatable bonds is 2. The summed E-state index contributed by atoms with van der Waals surface area (Å²) < 4.78 is 4.85. The standard InChI is InChI=1S/C8H9NO2/c1-6(5-10)3-8-4-7(2)9-11-8/h3-5H,1-2H3. The summed E-state index contributed by atoms with van der Waals surface area (Å²) in [6.45, 7) is 3.54. The molecule has 1 rings (SSSR count). The van der Waals surface area contributed by atoms with E-state index in [1.165, 1.54) is 0 Å². The van der Waals surface area contributed by atoms with Crippen LogP contribution in [0.15, 0.2) is 16.2 Å². The molecule has 0 aliphatic rings. The molecule has 0 fully saturated rings. The second-order valence-electron chi connectivity index (χ2n) is 2.38. The zero-order valence-corrected chi connectivity index (χ0v) is 6.50. The first-order valence-electron chi connectivity index (χ1n) is 3.29. The van der Waals surface area contributed by atoms with E-state index in [0.717, 1.165) is 12.0 Å². The largest absolute Gasteiger partial charge is 0.357 e. The van der Waals surface area contributed by atoms with E-state index in [2.05, 4.69) is 5.16 Å². The molecule has 1 aromatic rings. The molecule has 0 bridgehead atoms. The lowest BCUT2D eigenvalue weighted by atomic mass is 10.2. The Hall–Kier alpha value is -1.38. The molecule has 0 atom stereocenters. The van der Waals surface area contributed by atoms with Gasteiger partial charge in [0, 0.05) is 6.07 Å². The summed E-state index contributed by atoms with van der Waals surface area (Å²) in [5.41, 5.74) is 1.44. The maximum atomic E-state index is 10.2. The first-order chi connectivity index (χ1) is 5.22. The quantitative estimate of drug-likeness (QED) is 0.476. The van der Waals surface area contributed by atoms with Crippen LogP contribution >= 0.6 is 0 Å². The minimum absolute atomic E-state index is 0.618. The van der Waals surface area contributed by atoms with Crippen molar-refractivity contribution in [2.75, 3.05) is 0 Å². The van der Waals surface area contributed by atoms with Crippen LogP contribution in [0.1, 0.15) is 18.4 Å². The number of hydrogen-bond donors (Lipinski definition) is 0. The van der Waals surface area contributed by atoms with E-state index in [1.807, 2.05) is 6.92 Å². The Labute approximate surface area is 64.7 Å². The average Bonchev–Trinajstić information content (AvgIpc) is 2.35. The number of hydrogen-bond acceptors (Lipinski definition) is 3. The van der Waals surface area contributed by atoms with Crippen LogP contribution in [-0.2, 0) is 4.79 Å². The molecule has 0 saturated carbocycles. The molecule has 58 valence electrons. The van der Waals surface area contributed by atoms with Crippen molar-refractivity contribution in [1.82, 2.24) is 5.16 Å². The molecule has 0 amide bonds. The summed E-state index contributed by atoms with van der Waals surface area (Å²) in [6.07, 6.45) is 2.42. The van der Waals surface area contributed by atoms with Crippen molar-refractivity contribution in [3.8, 4) is 0 Å². The van der Waals surface area contributed by atoms with Gasteiger partial charge in [-0.1, -0.05) is 5.16 Å². The van der Waals surface area contributed by atoms with Gasteiger partial charge in [0.1, 0.15) is 6.29 Å². The van der Waals surface area contributed by atoms with Crippen LogP contribution in [0.25, 0.3) is 6.08 Å². The highest BCUT2D eigenvalue weighted by atomic mass is 16.5. The Morgan fingerprint density at radius 1 is 1.73 bits per heavy atom. The monoisotopic (exact) mass is 151 g/mol. The Bertz CT molecular complexity index is 286. The van der Waals surface area contributed by atoms with E-state index in [-0.39, 0.29) is 0 Å². The molecule has 1 heterocycles. The van der Waals surface area contributed by atoms with Gasteiger partial charge in [0.2, 0.25) is 0 Å². The molecule has 0 N–H and O–H groups in total.